The molecule has 2 rings (SSSR count). The van der Waals surface area contributed by atoms with E-state index in [1.807, 2.05) is 12.1 Å². The summed E-state index contributed by atoms with van der Waals surface area (Å²) in [5.74, 6) is 0.606. The van der Waals surface area contributed by atoms with Gasteiger partial charge in [0.05, 0.1) is 11.0 Å². The number of carbonyl (C=O) groups is 1. The van der Waals surface area contributed by atoms with Crippen LogP contribution in [0.4, 0.5) is 0 Å². The van der Waals surface area contributed by atoms with E-state index in [9.17, 15) is 4.79 Å². The van der Waals surface area contributed by atoms with E-state index in [0.717, 1.165) is 61.4 Å². The number of benzene rings is 1. The molecule has 0 spiro atoms. The van der Waals surface area contributed by atoms with E-state index in [1.54, 1.807) is 11.6 Å². The Morgan fingerprint density at radius 2 is 2.00 bits per heavy atom. The van der Waals surface area contributed by atoms with Crippen LogP contribution in [0.5, 0.6) is 0 Å². The van der Waals surface area contributed by atoms with Crippen molar-refractivity contribution < 1.29 is 10.0 Å². The highest BCUT2D eigenvalue weighted by atomic mass is 16.5. The molecule has 0 atom stereocenters. The van der Waals surface area contributed by atoms with Crippen molar-refractivity contribution in [1.82, 2.24) is 19.9 Å². The molecule has 0 saturated heterocycles. The van der Waals surface area contributed by atoms with Crippen molar-refractivity contribution in [2.75, 3.05) is 19.6 Å². The number of hydrogen-bond acceptors (Lipinski definition) is 4. The van der Waals surface area contributed by atoms with Crippen molar-refractivity contribution in [3.05, 3.63) is 35.7 Å². The quantitative estimate of drug-likeness (QED) is 0.250. The second-order valence-corrected chi connectivity index (χ2v) is 7.07. The third-order valence-electron chi connectivity index (χ3n) is 5.18. The third-order valence-corrected chi connectivity index (χ3v) is 5.18. The summed E-state index contributed by atoms with van der Waals surface area (Å²) in [6.45, 7) is 10.7. The van der Waals surface area contributed by atoms with Crippen molar-refractivity contribution >= 4 is 23.0 Å². The van der Waals surface area contributed by atoms with Crippen molar-refractivity contribution in [3.63, 3.8) is 0 Å². The normalized spacial score (nSPS) is 11.8. The summed E-state index contributed by atoms with van der Waals surface area (Å²) in [4.78, 5) is 18.5. The Labute approximate surface area is 168 Å². The predicted octanol–water partition coefficient (Wildman–Crippen LogP) is 4.02. The monoisotopic (exact) mass is 386 g/mol. The summed E-state index contributed by atoms with van der Waals surface area (Å²) >= 11 is 0. The molecule has 0 aliphatic rings. The van der Waals surface area contributed by atoms with Crippen LogP contribution < -0.4 is 5.48 Å². The van der Waals surface area contributed by atoms with Crippen LogP contribution in [0.1, 0.15) is 57.8 Å². The first-order chi connectivity index (χ1) is 13.6. The Balaban J connectivity index is 2.26. The Morgan fingerprint density at radius 1 is 1.21 bits per heavy atom. The largest absolute Gasteiger partial charge is 0.327 e. The fraction of sp³-hybridized carbons (Fsp3) is 0.545. The maximum absolute atomic E-state index is 11.2. The molecule has 1 amide bonds. The number of hydrogen-bond donors (Lipinski definition) is 2. The first kappa shape index (κ1) is 22.1. The topological polar surface area (TPSA) is 70.4 Å². The molecule has 154 valence electrons. The first-order valence-electron chi connectivity index (χ1n) is 10.5. The van der Waals surface area contributed by atoms with E-state index in [-0.39, 0.29) is 0 Å². The fourth-order valence-electron chi connectivity index (χ4n) is 3.44. The third kappa shape index (κ3) is 6.17. The average molecular weight is 387 g/mol. The summed E-state index contributed by atoms with van der Waals surface area (Å²) in [6, 6.07) is 6.07. The van der Waals surface area contributed by atoms with Crippen molar-refractivity contribution in [2.45, 2.75) is 59.4 Å². The minimum absolute atomic E-state index is 0.540. The number of nitrogens with one attached hydrogen (secondary N) is 1. The van der Waals surface area contributed by atoms with Gasteiger partial charge >= 0.3 is 0 Å². The lowest BCUT2D eigenvalue weighted by Gasteiger charge is -2.19. The van der Waals surface area contributed by atoms with E-state index in [2.05, 4.69) is 36.3 Å². The molecule has 1 aromatic carbocycles. The number of unbranched alkanes of at least 4 members (excludes halogenated alkanes) is 3. The minimum atomic E-state index is -0.540. The van der Waals surface area contributed by atoms with Gasteiger partial charge in [-0.1, -0.05) is 46.1 Å². The van der Waals surface area contributed by atoms with Crippen LogP contribution in [0.3, 0.4) is 0 Å². The van der Waals surface area contributed by atoms with Gasteiger partial charge in [-0.3, -0.25) is 10.0 Å². The number of carbonyl (C=O) groups excluding carboxylic acids is 1. The molecule has 0 saturated carbocycles. The molecule has 0 unspecified atom stereocenters. The molecule has 6 nitrogen and oxygen atoms in total. The molecule has 0 aliphatic heterocycles. The summed E-state index contributed by atoms with van der Waals surface area (Å²) < 4.78 is 2.35. The highest BCUT2D eigenvalue weighted by Crippen LogP contribution is 2.21. The molecule has 2 aromatic rings. The smallest absolute Gasteiger partial charge is 0.267 e. The Kier molecular flexibility index (Phi) is 9.17. The van der Waals surface area contributed by atoms with E-state index in [1.165, 1.54) is 25.3 Å². The molecule has 0 radical (unpaired) electrons. The van der Waals surface area contributed by atoms with E-state index < -0.39 is 5.91 Å². The van der Waals surface area contributed by atoms with Gasteiger partial charge in [-0.15, -0.1) is 0 Å². The highest BCUT2D eigenvalue weighted by Gasteiger charge is 2.12. The summed E-state index contributed by atoms with van der Waals surface area (Å²) in [5, 5.41) is 8.62. The van der Waals surface area contributed by atoms with Crippen molar-refractivity contribution in [1.29, 1.82) is 0 Å². The van der Waals surface area contributed by atoms with E-state index in [0.29, 0.717) is 0 Å². The Morgan fingerprint density at radius 3 is 2.68 bits per heavy atom. The van der Waals surface area contributed by atoms with Gasteiger partial charge in [-0.05, 0) is 43.3 Å². The summed E-state index contributed by atoms with van der Waals surface area (Å²) in [5.41, 5.74) is 4.59. The molecule has 6 heteroatoms. The first-order valence-corrected chi connectivity index (χ1v) is 10.5. The molecule has 0 fully saturated rings. The van der Waals surface area contributed by atoms with Crippen LogP contribution in [0.2, 0.25) is 0 Å². The minimum Gasteiger partial charge on any atom is -0.327 e. The number of likely N-dealkylation sites (N-methyl/N-ethyl adjacent to an activating group) is 1. The van der Waals surface area contributed by atoms with Gasteiger partial charge in [0.15, 0.2) is 0 Å². The molecule has 0 bridgehead atoms. The van der Waals surface area contributed by atoms with Crippen LogP contribution in [0.25, 0.3) is 17.1 Å². The number of hydroxylamine groups is 1. The second-order valence-electron chi connectivity index (χ2n) is 7.07. The standard InChI is InChI=1S/C22H34N4O2/c1-4-7-8-9-10-21-23-19-17-18(12-14-22(27)24-28)11-13-20(19)26(21)16-15-25(5-2)6-3/h11-14,17,28H,4-10,15-16H2,1-3H3,(H,24,27). The molecule has 1 aromatic heterocycles. The van der Waals surface area contributed by atoms with Crippen LogP contribution in [0, 0.1) is 0 Å². The summed E-state index contributed by atoms with van der Waals surface area (Å²) in [7, 11) is 0. The van der Waals surface area contributed by atoms with Gasteiger partial charge in [-0.25, -0.2) is 10.5 Å². The molecule has 1 heterocycles. The van der Waals surface area contributed by atoms with Gasteiger partial charge in [0.25, 0.3) is 5.91 Å². The van der Waals surface area contributed by atoms with Gasteiger partial charge in [0.1, 0.15) is 5.82 Å². The van der Waals surface area contributed by atoms with Crippen LogP contribution in [-0.4, -0.2) is 45.2 Å². The van der Waals surface area contributed by atoms with Gasteiger partial charge in [0.2, 0.25) is 0 Å². The van der Waals surface area contributed by atoms with E-state index >= 15 is 0 Å². The molecular formula is C22H34N4O2. The number of amides is 1. The van der Waals surface area contributed by atoms with Crippen LogP contribution >= 0.6 is 0 Å². The lowest BCUT2D eigenvalue weighted by Crippen LogP contribution is -2.27. The maximum Gasteiger partial charge on any atom is 0.267 e. The number of rotatable bonds is 12. The molecule has 2 N–H and O–H groups in total. The molecule has 0 aliphatic carbocycles. The number of nitrogens with zero attached hydrogens (tertiary/aromatic N) is 3. The maximum atomic E-state index is 11.2. The summed E-state index contributed by atoms with van der Waals surface area (Å²) in [6.07, 6.45) is 8.87. The highest BCUT2D eigenvalue weighted by molar-refractivity contribution is 5.91. The van der Waals surface area contributed by atoms with Crippen molar-refractivity contribution in [3.8, 4) is 0 Å². The Hall–Kier alpha value is -2.18. The zero-order valence-electron chi connectivity index (χ0n) is 17.4. The zero-order chi connectivity index (χ0) is 20.4. The SMILES string of the molecule is CCCCCCc1nc2cc(C=CC(=O)NO)ccc2n1CCN(CC)CC. The lowest BCUT2D eigenvalue weighted by atomic mass is 10.1. The number of aromatic nitrogens is 2. The zero-order valence-corrected chi connectivity index (χ0v) is 17.4. The number of fused-ring (bicyclic) bond motifs is 1. The second kappa shape index (κ2) is 11.6. The van der Waals surface area contributed by atoms with Crippen LogP contribution in [-0.2, 0) is 17.8 Å². The lowest BCUT2D eigenvalue weighted by molar-refractivity contribution is -0.124. The fourth-order valence-corrected chi connectivity index (χ4v) is 3.44. The van der Waals surface area contributed by atoms with Crippen LogP contribution in [0.15, 0.2) is 24.3 Å². The van der Waals surface area contributed by atoms with Gasteiger partial charge in [-0.2, -0.15) is 0 Å². The Bertz CT molecular complexity index is 778. The average Bonchev–Trinajstić information content (AvgIpc) is 3.06. The molecule has 28 heavy (non-hydrogen) atoms. The number of aryl methyl sites for hydroxylation is 1. The number of imidazole rings is 1. The van der Waals surface area contributed by atoms with E-state index in [4.69, 9.17) is 10.2 Å². The van der Waals surface area contributed by atoms with Crippen molar-refractivity contribution in [2.24, 2.45) is 0 Å². The predicted molar refractivity (Wildman–Crippen MR) is 114 cm³/mol. The molecular weight excluding hydrogens is 352 g/mol. The van der Waals surface area contributed by atoms with Gasteiger partial charge < -0.3 is 9.47 Å². The van der Waals surface area contributed by atoms with Gasteiger partial charge in [0, 0.05) is 25.6 Å².